The molecular formula is C21H24N6O. The van der Waals surface area contributed by atoms with E-state index in [2.05, 4.69) is 37.5 Å². The summed E-state index contributed by atoms with van der Waals surface area (Å²) >= 11 is 0. The van der Waals surface area contributed by atoms with Crippen LogP contribution in [0.15, 0.2) is 67.1 Å². The highest BCUT2D eigenvalue weighted by Gasteiger charge is 2.09. The average Bonchev–Trinajstić information content (AvgIpc) is 2.68. The van der Waals surface area contributed by atoms with Crippen molar-refractivity contribution in [1.82, 2.24) is 20.3 Å². The Morgan fingerprint density at radius 2 is 1.96 bits per heavy atom. The van der Waals surface area contributed by atoms with Crippen molar-refractivity contribution in [2.75, 3.05) is 23.7 Å². The topological polar surface area (TPSA) is 95.0 Å². The number of phenols is 1. The molecule has 2 heterocycles. The second-order valence-corrected chi connectivity index (χ2v) is 6.33. The average molecular weight is 376 g/mol. The smallest absolute Gasteiger partial charge is 0.227 e. The van der Waals surface area contributed by atoms with E-state index in [0.29, 0.717) is 11.6 Å². The molecule has 0 amide bonds. The Morgan fingerprint density at radius 1 is 1.07 bits per heavy atom. The van der Waals surface area contributed by atoms with E-state index in [0.717, 1.165) is 42.3 Å². The quantitative estimate of drug-likeness (QED) is 0.421. The van der Waals surface area contributed by atoms with Crippen LogP contribution in [0.3, 0.4) is 0 Å². The molecule has 0 unspecified atom stereocenters. The predicted molar refractivity (Wildman–Crippen MR) is 113 cm³/mol. The van der Waals surface area contributed by atoms with E-state index in [9.17, 15) is 5.11 Å². The number of rotatable bonds is 9. The second-order valence-electron chi connectivity index (χ2n) is 6.33. The molecule has 4 N–H and O–H groups in total. The fraction of sp³-hybridized carbons (Fsp3) is 0.190. The minimum atomic E-state index is 0.182. The van der Waals surface area contributed by atoms with Crippen LogP contribution in [0.1, 0.15) is 13.3 Å². The van der Waals surface area contributed by atoms with Gasteiger partial charge in [0.25, 0.3) is 0 Å². The minimum Gasteiger partial charge on any atom is -0.508 e. The number of pyridine rings is 1. The number of aromatic nitrogens is 3. The van der Waals surface area contributed by atoms with Crippen molar-refractivity contribution < 1.29 is 5.11 Å². The van der Waals surface area contributed by atoms with Gasteiger partial charge in [-0.25, -0.2) is 15.0 Å². The molecule has 1 aromatic carbocycles. The summed E-state index contributed by atoms with van der Waals surface area (Å²) in [6.07, 6.45) is 4.39. The van der Waals surface area contributed by atoms with Crippen LogP contribution in [0.25, 0.3) is 11.3 Å². The number of nitrogens with one attached hydrogen (secondary N) is 3. The zero-order valence-electron chi connectivity index (χ0n) is 15.8. The van der Waals surface area contributed by atoms with Crippen molar-refractivity contribution >= 4 is 17.5 Å². The first-order valence-electron chi connectivity index (χ1n) is 9.09. The van der Waals surface area contributed by atoms with Gasteiger partial charge in [-0.15, -0.1) is 0 Å². The monoisotopic (exact) mass is 376 g/mol. The molecule has 7 heteroatoms. The molecule has 0 radical (unpaired) electrons. The molecule has 0 aliphatic heterocycles. The van der Waals surface area contributed by atoms with E-state index in [1.807, 2.05) is 31.2 Å². The third-order valence-corrected chi connectivity index (χ3v) is 3.91. The van der Waals surface area contributed by atoms with Crippen molar-refractivity contribution in [2.24, 2.45) is 0 Å². The number of aromatic hydroxyl groups is 1. The van der Waals surface area contributed by atoms with Crippen LogP contribution in [-0.4, -0.2) is 33.1 Å². The van der Waals surface area contributed by atoms with Gasteiger partial charge in [-0.1, -0.05) is 12.6 Å². The Morgan fingerprint density at radius 3 is 2.79 bits per heavy atom. The molecule has 2 aromatic heterocycles. The first kappa shape index (κ1) is 19.2. The van der Waals surface area contributed by atoms with Crippen molar-refractivity contribution in [2.45, 2.75) is 13.3 Å². The van der Waals surface area contributed by atoms with Crippen molar-refractivity contribution in [1.29, 1.82) is 0 Å². The molecule has 0 atom stereocenters. The van der Waals surface area contributed by atoms with Gasteiger partial charge in [0.1, 0.15) is 11.6 Å². The summed E-state index contributed by atoms with van der Waals surface area (Å²) in [4.78, 5) is 13.3. The number of nitrogens with zero attached hydrogens (tertiary/aromatic N) is 3. The molecule has 144 valence electrons. The van der Waals surface area contributed by atoms with Gasteiger partial charge in [-0.05, 0) is 43.7 Å². The predicted octanol–water partition coefficient (Wildman–Crippen LogP) is 3.91. The highest BCUT2D eigenvalue weighted by atomic mass is 16.3. The van der Waals surface area contributed by atoms with Crippen LogP contribution in [0.5, 0.6) is 5.75 Å². The largest absolute Gasteiger partial charge is 0.508 e. The third kappa shape index (κ3) is 5.44. The van der Waals surface area contributed by atoms with Crippen LogP contribution >= 0.6 is 0 Å². The van der Waals surface area contributed by atoms with Crippen LogP contribution in [0.2, 0.25) is 0 Å². The van der Waals surface area contributed by atoms with Gasteiger partial charge < -0.3 is 21.1 Å². The molecular weight excluding hydrogens is 352 g/mol. The Balaban J connectivity index is 1.72. The lowest BCUT2D eigenvalue weighted by Gasteiger charge is -2.12. The van der Waals surface area contributed by atoms with Gasteiger partial charge in [-0.3, -0.25) is 0 Å². The molecule has 0 aliphatic carbocycles. The molecule has 3 aromatic rings. The lowest BCUT2D eigenvalue weighted by molar-refractivity contribution is 0.475. The SMILES string of the molecule is C=C(C)NCCCNc1ncccc1-c1ccnc(Nc2cccc(O)c2)n1. The van der Waals surface area contributed by atoms with Crippen molar-refractivity contribution in [3.05, 3.63) is 67.1 Å². The van der Waals surface area contributed by atoms with E-state index < -0.39 is 0 Å². The molecule has 7 nitrogen and oxygen atoms in total. The lowest BCUT2D eigenvalue weighted by Crippen LogP contribution is -2.16. The normalized spacial score (nSPS) is 10.3. The van der Waals surface area contributed by atoms with Crippen molar-refractivity contribution in [3.63, 3.8) is 0 Å². The number of anilines is 3. The lowest BCUT2D eigenvalue weighted by atomic mass is 10.2. The molecule has 3 rings (SSSR count). The molecule has 28 heavy (non-hydrogen) atoms. The molecule has 0 aliphatic rings. The molecule has 0 fully saturated rings. The van der Waals surface area contributed by atoms with E-state index in [1.165, 1.54) is 0 Å². The van der Waals surface area contributed by atoms with Gasteiger partial charge in [0.15, 0.2) is 0 Å². The Bertz CT molecular complexity index is 943. The van der Waals surface area contributed by atoms with Gasteiger partial charge in [0.2, 0.25) is 5.95 Å². The highest BCUT2D eigenvalue weighted by molar-refractivity contribution is 5.73. The molecule has 0 spiro atoms. The maximum atomic E-state index is 9.60. The molecule has 0 bridgehead atoms. The minimum absolute atomic E-state index is 0.182. The van der Waals surface area contributed by atoms with Crippen LogP contribution in [0, 0.1) is 0 Å². The number of hydrogen-bond acceptors (Lipinski definition) is 7. The first-order chi connectivity index (χ1) is 13.6. The summed E-state index contributed by atoms with van der Waals surface area (Å²) in [6, 6.07) is 12.5. The fourth-order valence-corrected chi connectivity index (χ4v) is 2.63. The Labute approximate surface area is 164 Å². The van der Waals surface area contributed by atoms with E-state index in [1.54, 1.807) is 30.6 Å². The summed E-state index contributed by atoms with van der Waals surface area (Å²) in [5.74, 6) is 1.41. The maximum absolute atomic E-state index is 9.60. The summed E-state index contributed by atoms with van der Waals surface area (Å²) in [7, 11) is 0. The van der Waals surface area contributed by atoms with E-state index in [-0.39, 0.29) is 5.75 Å². The van der Waals surface area contributed by atoms with E-state index >= 15 is 0 Å². The Hall–Kier alpha value is -3.61. The standard InChI is InChI=1S/C21H24N6O/c1-15(2)22-11-5-12-24-20-18(8-4-10-23-20)19-9-13-25-21(27-19)26-16-6-3-7-17(28)14-16/h3-4,6-10,13-14,22,28H,1,5,11-12H2,2H3,(H,23,24)(H,25,26,27). The molecule has 0 saturated carbocycles. The number of benzene rings is 1. The third-order valence-electron chi connectivity index (χ3n) is 3.91. The van der Waals surface area contributed by atoms with Crippen molar-refractivity contribution in [3.8, 4) is 17.0 Å². The van der Waals surface area contributed by atoms with Crippen LogP contribution in [0.4, 0.5) is 17.5 Å². The highest BCUT2D eigenvalue weighted by Crippen LogP contribution is 2.25. The number of phenolic OH excluding ortho intramolecular Hbond substituents is 1. The van der Waals surface area contributed by atoms with Crippen LogP contribution in [-0.2, 0) is 0 Å². The van der Waals surface area contributed by atoms with E-state index in [4.69, 9.17) is 0 Å². The molecule has 0 saturated heterocycles. The first-order valence-corrected chi connectivity index (χ1v) is 9.09. The number of allylic oxidation sites excluding steroid dienone is 1. The number of hydrogen-bond donors (Lipinski definition) is 4. The maximum Gasteiger partial charge on any atom is 0.227 e. The zero-order valence-corrected chi connectivity index (χ0v) is 15.8. The summed E-state index contributed by atoms with van der Waals surface area (Å²) in [5, 5.41) is 19.3. The second kappa shape index (κ2) is 9.36. The van der Waals surface area contributed by atoms with Crippen LogP contribution < -0.4 is 16.0 Å². The Kier molecular flexibility index (Phi) is 6.41. The van der Waals surface area contributed by atoms with Gasteiger partial charge >= 0.3 is 0 Å². The summed E-state index contributed by atoms with van der Waals surface area (Å²) in [5.41, 5.74) is 3.34. The fourth-order valence-electron chi connectivity index (χ4n) is 2.63. The summed E-state index contributed by atoms with van der Waals surface area (Å²) in [6.45, 7) is 7.41. The van der Waals surface area contributed by atoms with Gasteiger partial charge in [0, 0.05) is 48.5 Å². The van der Waals surface area contributed by atoms with Gasteiger partial charge in [-0.2, -0.15) is 0 Å². The zero-order chi connectivity index (χ0) is 19.8. The van der Waals surface area contributed by atoms with Gasteiger partial charge in [0.05, 0.1) is 5.69 Å². The summed E-state index contributed by atoms with van der Waals surface area (Å²) < 4.78 is 0.